The van der Waals surface area contributed by atoms with Crippen LogP contribution in [0.1, 0.15) is 42.9 Å². The molecule has 19 heavy (non-hydrogen) atoms. The van der Waals surface area contributed by atoms with Gasteiger partial charge in [0.1, 0.15) is 11.6 Å². The topological polar surface area (TPSA) is 78.3 Å². The van der Waals surface area contributed by atoms with Gasteiger partial charge in [0.15, 0.2) is 5.82 Å². The predicted octanol–water partition coefficient (Wildman–Crippen LogP) is 1.49. The number of hydrogen-bond donors (Lipinski definition) is 1. The van der Waals surface area contributed by atoms with E-state index in [2.05, 4.69) is 10.2 Å². The molecule has 2 aromatic heterocycles. The summed E-state index contributed by atoms with van der Waals surface area (Å²) in [5.41, 5.74) is 6.10. The van der Waals surface area contributed by atoms with E-state index < -0.39 is 0 Å². The first-order chi connectivity index (χ1) is 9.29. The summed E-state index contributed by atoms with van der Waals surface area (Å²) in [6, 6.07) is 0. The smallest absolute Gasteiger partial charge is 0.234 e. The van der Waals surface area contributed by atoms with Gasteiger partial charge in [0, 0.05) is 19.1 Å². The van der Waals surface area contributed by atoms with E-state index in [4.69, 9.17) is 15.6 Å². The third-order valence-electron chi connectivity index (χ3n) is 3.98. The first kappa shape index (κ1) is 13.0. The number of methoxy groups -OCH3 is 1. The minimum absolute atomic E-state index is 0.0496. The van der Waals surface area contributed by atoms with Crippen molar-refractivity contribution in [2.75, 3.05) is 13.7 Å². The van der Waals surface area contributed by atoms with Gasteiger partial charge in [-0.3, -0.25) is 0 Å². The van der Waals surface area contributed by atoms with E-state index >= 15 is 0 Å². The minimum Gasteiger partial charge on any atom is -0.377 e. The predicted molar refractivity (Wildman–Crippen MR) is 73.2 cm³/mol. The zero-order chi connectivity index (χ0) is 13.3. The molecule has 0 saturated heterocycles. The summed E-state index contributed by atoms with van der Waals surface area (Å²) in [5, 5.41) is 14.1. The Kier molecular flexibility index (Phi) is 3.51. The highest BCUT2D eigenvalue weighted by Crippen LogP contribution is 2.40. The molecule has 2 aromatic rings. The highest BCUT2D eigenvalue weighted by Gasteiger charge is 2.36. The molecule has 7 heteroatoms. The van der Waals surface area contributed by atoms with E-state index in [1.165, 1.54) is 19.3 Å². The van der Waals surface area contributed by atoms with Crippen LogP contribution in [0.15, 0.2) is 0 Å². The van der Waals surface area contributed by atoms with Crippen LogP contribution in [0.4, 0.5) is 0 Å². The zero-order valence-electron chi connectivity index (χ0n) is 11.1. The molecule has 1 fully saturated rings. The van der Waals surface area contributed by atoms with Gasteiger partial charge in [0.2, 0.25) is 4.96 Å². The summed E-state index contributed by atoms with van der Waals surface area (Å²) in [6.45, 7) is 1.09. The SMILES string of the molecule is COCc1nnc2sc(C3(CN)CCCCC3)nn12. The Hall–Kier alpha value is -1.05. The normalized spacial score (nSPS) is 19.1. The van der Waals surface area contributed by atoms with Gasteiger partial charge in [-0.05, 0) is 12.8 Å². The lowest BCUT2D eigenvalue weighted by atomic mass is 9.74. The lowest BCUT2D eigenvalue weighted by Gasteiger charge is -2.33. The minimum atomic E-state index is 0.0496. The molecule has 104 valence electrons. The number of fused-ring (bicyclic) bond motifs is 1. The van der Waals surface area contributed by atoms with Gasteiger partial charge in [-0.25, -0.2) is 0 Å². The second-order valence-electron chi connectivity index (χ2n) is 5.20. The highest BCUT2D eigenvalue weighted by molar-refractivity contribution is 7.16. The summed E-state index contributed by atoms with van der Waals surface area (Å²) in [5.74, 6) is 0.753. The van der Waals surface area contributed by atoms with Crippen LogP contribution in [0.3, 0.4) is 0 Å². The maximum Gasteiger partial charge on any atom is 0.234 e. The Balaban J connectivity index is 1.99. The Morgan fingerprint density at radius 3 is 2.79 bits per heavy atom. The summed E-state index contributed by atoms with van der Waals surface area (Å²) >= 11 is 1.62. The van der Waals surface area contributed by atoms with Crippen LogP contribution in [-0.2, 0) is 16.8 Å². The Morgan fingerprint density at radius 2 is 2.11 bits per heavy atom. The summed E-state index contributed by atoms with van der Waals surface area (Å²) < 4.78 is 6.92. The van der Waals surface area contributed by atoms with Crippen molar-refractivity contribution in [1.29, 1.82) is 0 Å². The van der Waals surface area contributed by atoms with Crippen molar-refractivity contribution in [3.8, 4) is 0 Å². The van der Waals surface area contributed by atoms with Gasteiger partial charge in [-0.1, -0.05) is 30.6 Å². The Bertz CT molecular complexity index is 557. The fourth-order valence-electron chi connectivity index (χ4n) is 2.82. The van der Waals surface area contributed by atoms with E-state index in [0.29, 0.717) is 13.2 Å². The molecule has 2 heterocycles. The maximum absolute atomic E-state index is 6.05. The third kappa shape index (κ3) is 2.15. The van der Waals surface area contributed by atoms with Crippen LogP contribution in [0.2, 0.25) is 0 Å². The molecule has 1 aliphatic carbocycles. The standard InChI is InChI=1S/C12H19N5OS/c1-18-7-9-14-15-11-17(9)16-10(19-11)12(8-13)5-3-2-4-6-12/h2-8,13H2,1H3. The Labute approximate surface area is 116 Å². The number of hydrogen-bond acceptors (Lipinski definition) is 6. The fraction of sp³-hybridized carbons (Fsp3) is 0.750. The number of ether oxygens (including phenoxy) is 1. The van der Waals surface area contributed by atoms with Crippen LogP contribution in [0.5, 0.6) is 0 Å². The molecular formula is C12H19N5OS. The second-order valence-corrected chi connectivity index (χ2v) is 6.15. The van der Waals surface area contributed by atoms with Crippen LogP contribution < -0.4 is 5.73 Å². The van der Waals surface area contributed by atoms with Gasteiger partial charge in [-0.2, -0.15) is 9.61 Å². The van der Waals surface area contributed by atoms with Crippen molar-refractivity contribution < 1.29 is 4.74 Å². The van der Waals surface area contributed by atoms with Crippen LogP contribution in [0, 0.1) is 0 Å². The molecule has 0 atom stereocenters. The van der Waals surface area contributed by atoms with Gasteiger partial charge in [0.05, 0.1) is 0 Å². The summed E-state index contributed by atoms with van der Waals surface area (Å²) in [7, 11) is 1.65. The van der Waals surface area contributed by atoms with Gasteiger partial charge < -0.3 is 10.5 Å². The first-order valence-corrected chi connectivity index (χ1v) is 7.51. The van der Waals surface area contributed by atoms with E-state index in [1.54, 1.807) is 23.0 Å². The quantitative estimate of drug-likeness (QED) is 0.918. The molecule has 0 bridgehead atoms. The molecule has 0 aromatic carbocycles. The van der Waals surface area contributed by atoms with Crippen molar-refractivity contribution in [2.24, 2.45) is 5.73 Å². The van der Waals surface area contributed by atoms with E-state index in [-0.39, 0.29) is 5.41 Å². The fourth-order valence-corrected chi connectivity index (χ4v) is 3.94. The largest absolute Gasteiger partial charge is 0.377 e. The highest BCUT2D eigenvalue weighted by atomic mass is 32.1. The summed E-state index contributed by atoms with van der Waals surface area (Å²) in [4.78, 5) is 0.834. The van der Waals surface area contributed by atoms with E-state index in [9.17, 15) is 0 Å². The van der Waals surface area contributed by atoms with Crippen LogP contribution in [0.25, 0.3) is 4.96 Å². The van der Waals surface area contributed by atoms with Gasteiger partial charge >= 0.3 is 0 Å². The maximum atomic E-state index is 6.05. The van der Waals surface area contributed by atoms with Gasteiger partial charge in [-0.15, -0.1) is 10.2 Å². The second kappa shape index (κ2) is 5.15. The molecule has 6 nitrogen and oxygen atoms in total. The van der Waals surface area contributed by atoms with Crippen LogP contribution >= 0.6 is 11.3 Å². The van der Waals surface area contributed by atoms with E-state index in [0.717, 1.165) is 28.6 Å². The molecule has 0 radical (unpaired) electrons. The third-order valence-corrected chi connectivity index (χ3v) is 5.13. The lowest BCUT2D eigenvalue weighted by Crippen LogP contribution is -2.37. The first-order valence-electron chi connectivity index (χ1n) is 6.70. The molecule has 3 rings (SSSR count). The van der Waals surface area contributed by atoms with Gasteiger partial charge in [0.25, 0.3) is 0 Å². The van der Waals surface area contributed by atoms with Crippen molar-refractivity contribution in [2.45, 2.75) is 44.1 Å². The van der Waals surface area contributed by atoms with Crippen molar-refractivity contribution >= 4 is 16.3 Å². The van der Waals surface area contributed by atoms with E-state index in [1.807, 2.05) is 0 Å². The molecule has 1 saturated carbocycles. The molecule has 0 amide bonds. The molecule has 1 aliphatic rings. The monoisotopic (exact) mass is 281 g/mol. The average Bonchev–Trinajstić information content (AvgIpc) is 3.02. The number of nitrogens with two attached hydrogens (primary N) is 1. The van der Waals surface area contributed by atoms with Crippen LogP contribution in [-0.4, -0.2) is 33.5 Å². The number of rotatable bonds is 4. The average molecular weight is 281 g/mol. The zero-order valence-corrected chi connectivity index (χ0v) is 11.9. The lowest BCUT2D eigenvalue weighted by molar-refractivity contribution is 0.175. The van der Waals surface area contributed by atoms with Crippen molar-refractivity contribution in [1.82, 2.24) is 19.8 Å². The molecule has 0 aliphatic heterocycles. The Morgan fingerprint density at radius 1 is 1.32 bits per heavy atom. The molecule has 0 spiro atoms. The number of aromatic nitrogens is 4. The van der Waals surface area contributed by atoms with Crippen molar-refractivity contribution in [3.63, 3.8) is 0 Å². The summed E-state index contributed by atoms with van der Waals surface area (Å²) in [6.07, 6.45) is 6.05. The molecule has 0 unspecified atom stereocenters. The number of nitrogens with zero attached hydrogens (tertiary/aromatic N) is 4. The molecular weight excluding hydrogens is 262 g/mol. The molecule has 2 N–H and O–H groups in total. The van der Waals surface area contributed by atoms with Crippen molar-refractivity contribution in [3.05, 3.63) is 10.8 Å².